The van der Waals surface area contributed by atoms with Gasteiger partial charge in [-0.05, 0) is 32.9 Å². The van der Waals surface area contributed by atoms with Crippen molar-refractivity contribution in [2.45, 2.75) is 39.8 Å². The molecule has 1 N–H and O–H groups in total. The Kier molecular flexibility index (Phi) is 6.98. The van der Waals surface area contributed by atoms with Crippen LogP contribution in [0, 0.1) is 6.92 Å². The van der Waals surface area contributed by atoms with E-state index in [2.05, 4.69) is 33.6 Å². The zero-order valence-corrected chi connectivity index (χ0v) is 20.4. The average molecular weight is 479 g/mol. The highest BCUT2D eigenvalue weighted by Crippen LogP contribution is 2.35. The average Bonchev–Trinajstić information content (AvgIpc) is 3.36. The summed E-state index contributed by atoms with van der Waals surface area (Å²) in [5, 5.41) is 12.2. The minimum absolute atomic E-state index is 0.326. The summed E-state index contributed by atoms with van der Waals surface area (Å²) in [5.41, 5.74) is 5.93. The molecule has 9 heteroatoms. The highest BCUT2D eigenvalue weighted by atomic mass is 35.5. The number of hydrogen-bond acceptors (Lipinski definition) is 5. The number of aromatic nitrogens is 5. The van der Waals surface area contributed by atoms with E-state index in [4.69, 9.17) is 21.4 Å². The molecule has 0 saturated carbocycles. The normalized spacial score (nSPS) is 11.9. The third-order valence-corrected chi connectivity index (χ3v) is 5.88. The summed E-state index contributed by atoms with van der Waals surface area (Å²) < 4.78 is 9.89. The molecule has 0 aliphatic carbocycles. The number of carbonyl (C=O) groups excluding carboxylic acids is 1. The van der Waals surface area contributed by atoms with Gasteiger partial charge in [0.2, 0.25) is 6.41 Å². The predicted molar refractivity (Wildman–Crippen MR) is 132 cm³/mol. The smallest absolute Gasteiger partial charge is 0.212 e. The molecule has 0 aliphatic heterocycles. The summed E-state index contributed by atoms with van der Waals surface area (Å²) in [5.74, 6) is 0.870. The molecule has 0 bridgehead atoms. The van der Waals surface area contributed by atoms with Gasteiger partial charge in [0.25, 0.3) is 0 Å². The van der Waals surface area contributed by atoms with E-state index in [0.29, 0.717) is 29.6 Å². The number of ether oxygens (including phenoxy) is 1. The Hall–Kier alpha value is -3.65. The summed E-state index contributed by atoms with van der Waals surface area (Å²) in [4.78, 5) is 15.2. The number of halogens is 1. The molecule has 1 amide bonds. The molecule has 0 radical (unpaired) electrons. The Bertz CT molecular complexity index is 1310. The SMILES string of the molecule is CCn1cc(Cc2cn(C)nc2-c2ccc(C)cc2[C@@H](C)Oc2cccnc2NC=O)c(Cl)n1. The molecule has 176 valence electrons. The molecule has 0 spiro atoms. The molecule has 1 atom stereocenters. The van der Waals surface area contributed by atoms with Gasteiger partial charge in [0.1, 0.15) is 6.10 Å². The van der Waals surface area contributed by atoms with Crippen molar-refractivity contribution in [1.29, 1.82) is 0 Å². The molecule has 4 rings (SSSR count). The summed E-state index contributed by atoms with van der Waals surface area (Å²) in [6.07, 6.45) is 6.47. The van der Waals surface area contributed by atoms with Crippen molar-refractivity contribution in [2.24, 2.45) is 7.05 Å². The number of anilines is 1. The molecule has 0 fully saturated rings. The van der Waals surface area contributed by atoms with Crippen molar-refractivity contribution in [2.75, 3.05) is 5.32 Å². The lowest BCUT2D eigenvalue weighted by atomic mass is 9.95. The first kappa shape index (κ1) is 23.5. The van der Waals surface area contributed by atoms with E-state index in [0.717, 1.165) is 40.1 Å². The molecule has 34 heavy (non-hydrogen) atoms. The van der Waals surface area contributed by atoms with Crippen LogP contribution < -0.4 is 10.1 Å². The van der Waals surface area contributed by atoms with Crippen LogP contribution in [0.2, 0.25) is 5.15 Å². The van der Waals surface area contributed by atoms with Crippen molar-refractivity contribution in [3.63, 3.8) is 0 Å². The highest BCUT2D eigenvalue weighted by molar-refractivity contribution is 6.30. The molecule has 8 nitrogen and oxygen atoms in total. The number of hydrogen-bond donors (Lipinski definition) is 1. The molecule has 3 aromatic heterocycles. The maximum atomic E-state index is 11.0. The van der Waals surface area contributed by atoms with E-state index < -0.39 is 0 Å². The van der Waals surface area contributed by atoms with Gasteiger partial charge in [-0.2, -0.15) is 10.2 Å². The van der Waals surface area contributed by atoms with Gasteiger partial charge in [-0.25, -0.2) is 4.98 Å². The first-order valence-corrected chi connectivity index (χ1v) is 11.4. The fraction of sp³-hybridized carbons (Fsp3) is 0.280. The predicted octanol–water partition coefficient (Wildman–Crippen LogP) is 4.96. The number of aryl methyl sites for hydroxylation is 3. The Morgan fingerprint density at radius 2 is 2.03 bits per heavy atom. The first-order valence-electron chi connectivity index (χ1n) is 11.1. The van der Waals surface area contributed by atoms with Crippen LogP contribution in [0.25, 0.3) is 11.3 Å². The number of pyridine rings is 1. The fourth-order valence-corrected chi connectivity index (χ4v) is 4.17. The lowest BCUT2D eigenvalue weighted by molar-refractivity contribution is -0.105. The number of rotatable bonds is 9. The summed E-state index contributed by atoms with van der Waals surface area (Å²) >= 11 is 6.40. The van der Waals surface area contributed by atoms with Gasteiger partial charge in [-0.3, -0.25) is 14.2 Å². The maximum absolute atomic E-state index is 11.0. The van der Waals surface area contributed by atoms with Gasteiger partial charge < -0.3 is 10.1 Å². The van der Waals surface area contributed by atoms with Gasteiger partial charge in [-0.1, -0.05) is 35.4 Å². The number of carbonyl (C=O) groups is 1. The maximum Gasteiger partial charge on any atom is 0.212 e. The van der Waals surface area contributed by atoms with E-state index in [-0.39, 0.29) is 6.10 Å². The van der Waals surface area contributed by atoms with Crippen LogP contribution in [0.5, 0.6) is 5.75 Å². The molecular weight excluding hydrogens is 452 g/mol. The van der Waals surface area contributed by atoms with Gasteiger partial charge in [0, 0.05) is 60.9 Å². The Balaban J connectivity index is 1.72. The van der Waals surface area contributed by atoms with E-state index >= 15 is 0 Å². The second kappa shape index (κ2) is 10.1. The summed E-state index contributed by atoms with van der Waals surface area (Å²) in [7, 11) is 1.91. The second-order valence-corrected chi connectivity index (χ2v) is 8.48. The quantitative estimate of drug-likeness (QED) is 0.343. The second-order valence-electron chi connectivity index (χ2n) is 8.12. The fourth-order valence-electron chi connectivity index (χ4n) is 3.96. The molecule has 1 aromatic carbocycles. The topological polar surface area (TPSA) is 86.9 Å². The van der Waals surface area contributed by atoms with Crippen LogP contribution in [-0.2, 0) is 24.8 Å². The molecule has 4 aromatic rings. The van der Waals surface area contributed by atoms with Gasteiger partial charge in [0.05, 0.1) is 5.69 Å². The Labute approximate surface area is 203 Å². The first-order chi connectivity index (χ1) is 16.4. The molecular formula is C25H27ClN6O2. The zero-order valence-electron chi connectivity index (χ0n) is 19.6. The van der Waals surface area contributed by atoms with Crippen LogP contribution >= 0.6 is 11.6 Å². The largest absolute Gasteiger partial charge is 0.482 e. The molecule has 0 unspecified atom stereocenters. The minimum atomic E-state index is -0.326. The van der Waals surface area contributed by atoms with Crippen molar-refractivity contribution in [3.05, 3.63) is 76.3 Å². The van der Waals surface area contributed by atoms with Crippen LogP contribution in [-0.4, -0.2) is 31.0 Å². The zero-order chi connectivity index (χ0) is 24.2. The van der Waals surface area contributed by atoms with E-state index in [9.17, 15) is 4.79 Å². The summed E-state index contributed by atoms with van der Waals surface area (Å²) in [6, 6.07) is 9.79. The van der Waals surface area contributed by atoms with E-state index in [1.807, 2.05) is 49.6 Å². The molecule has 3 heterocycles. The monoisotopic (exact) mass is 478 g/mol. The lowest BCUT2D eigenvalue weighted by Crippen LogP contribution is -2.09. The van der Waals surface area contributed by atoms with Crippen LogP contribution in [0.15, 0.2) is 48.9 Å². The van der Waals surface area contributed by atoms with Gasteiger partial charge in [-0.15, -0.1) is 0 Å². The minimum Gasteiger partial charge on any atom is -0.482 e. The third kappa shape index (κ3) is 4.97. The highest BCUT2D eigenvalue weighted by Gasteiger charge is 2.21. The standard InChI is InChI=1S/C25H27ClN6O2/c1-5-32-14-19(24(26)30-32)12-18-13-31(4)29-23(18)20-9-8-16(2)11-21(20)17(3)34-22-7-6-10-27-25(22)28-15-33/h6-11,13-15,17H,5,12H2,1-4H3,(H,27,28,33)/t17-/m1/s1. The number of nitrogens with one attached hydrogen (secondary N) is 1. The third-order valence-electron chi connectivity index (χ3n) is 5.57. The summed E-state index contributed by atoms with van der Waals surface area (Å²) in [6.45, 7) is 6.80. The number of benzene rings is 1. The molecule has 0 saturated heterocycles. The van der Waals surface area contributed by atoms with Crippen molar-refractivity contribution >= 4 is 23.8 Å². The molecule has 0 aliphatic rings. The number of nitrogens with zero attached hydrogens (tertiary/aromatic N) is 5. The van der Waals surface area contributed by atoms with Crippen LogP contribution in [0.3, 0.4) is 0 Å². The van der Waals surface area contributed by atoms with E-state index in [1.54, 1.807) is 18.3 Å². The van der Waals surface area contributed by atoms with Crippen molar-refractivity contribution in [3.8, 4) is 17.0 Å². The Morgan fingerprint density at radius 3 is 2.76 bits per heavy atom. The van der Waals surface area contributed by atoms with Gasteiger partial charge >= 0.3 is 0 Å². The Morgan fingerprint density at radius 1 is 1.21 bits per heavy atom. The van der Waals surface area contributed by atoms with E-state index in [1.165, 1.54) is 0 Å². The van der Waals surface area contributed by atoms with Crippen molar-refractivity contribution < 1.29 is 9.53 Å². The lowest BCUT2D eigenvalue weighted by Gasteiger charge is -2.20. The van der Waals surface area contributed by atoms with Crippen LogP contribution in [0.1, 0.15) is 42.2 Å². The van der Waals surface area contributed by atoms with Crippen LogP contribution in [0.4, 0.5) is 5.82 Å². The van der Waals surface area contributed by atoms with Gasteiger partial charge in [0.15, 0.2) is 16.7 Å². The number of amides is 1. The van der Waals surface area contributed by atoms with Crippen molar-refractivity contribution in [1.82, 2.24) is 24.5 Å².